The van der Waals surface area contributed by atoms with E-state index >= 15 is 0 Å². The SMILES string of the molecule is O=C(O)c1c(Cl)cccc1-n1cccc1. The van der Waals surface area contributed by atoms with Gasteiger partial charge in [0.15, 0.2) is 0 Å². The molecular formula is C11H8ClNO2. The maximum absolute atomic E-state index is 11.0. The summed E-state index contributed by atoms with van der Waals surface area (Å²) in [5, 5.41) is 9.29. The molecule has 0 amide bonds. The molecule has 4 heteroatoms. The van der Waals surface area contributed by atoms with Crippen molar-refractivity contribution in [3.05, 3.63) is 53.3 Å². The number of hydrogen-bond acceptors (Lipinski definition) is 1. The molecule has 0 aliphatic heterocycles. The zero-order valence-corrected chi connectivity index (χ0v) is 8.48. The largest absolute Gasteiger partial charge is 0.478 e. The van der Waals surface area contributed by atoms with Gasteiger partial charge in [0.2, 0.25) is 0 Å². The fourth-order valence-corrected chi connectivity index (χ4v) is 1.69. The monoisotopic (exact) mass is 221 g/mol. The van der Waals surface area contributed by atoms with Crippen LogP contribution in [0.2, 0.25) is 5.02 Å². The van der Waals surface area contributed by atoms with E-state index in [4.69, 9.17) is 16.7 Å². The van der Waals surface area contributed by atoms with Crippen molar-refractivity contribution in [2.75, 3.05) is 0 Å². The van der Waals surface area contributed by atoms with Crippen LogP contribution < -0.4 is 0 Å². The fraction of sp³-hybridized carbons (Fsp3) is 0. The molecule has 3 nitrogen and oxygen atoms in total. The Balaban J connectivity index is 2.66. The Morgan fingerprint density at radius 2 is 1.87 bits per heavy atom. The van der Waals surface area contributed by atoms with E-state index in [1.54, 1.807) is 35.2 Å². The molecule has 0 saturated heterocycles. The van der Waals surface area contributed by atoms with E-state index in [1.807, 2.05) is 12.1 Å². The molecule has 0 fully saturated rings. The van der Waals surface area contributed by atoms with Gasteiger partial charge in [-0.15, -0.1) is 0 Å². The highest BCUT2D eigenvalue weighted by Crippen LogP contribution is 2.23. The minimum absolute atomic E-state index is 0.121. The van der Waals surface area contributed by atoms with Gasteiger partial charge in [-0.2, -0.15) is 0 Å². The highest BCUT2D eigenvalue weighted by atomic mass is 35.5. The number of aromatic carboxylic acids is 1. The molecule has 0 unspecified atom stereocenters. The molecule has 76 valence electrons. The van der Waals surface area contributed by atoms with Crippen LogP contribution in [0.25, 0.3) is 5.69 Å². The van der Waals surface area contributed by atoms with E-state index < -0.39 is 5.97 Å². The predicted octanol–water partition coefficient (Wildman–Crippen LogP) is 2.83. The Morgan fingerprint density at radius 1 is 1.20 bits per heavy atom. The van der Waals surface area contributed by atoms with Crippen LogP contribution in [-0.4, -0.2) is 15.6 Å². The van der Waals surface area contributed by atoms with Gasteiger partial charge in [0.05, 0.1) is 10.7 Å². The van der Waals surface area contributed by atoms with Crippen molar-refractivity contribution in [2.45, 2.75) is 0 Å². The van der Waals surface area contributed by atoms with Crippen LogP contribution in [0.15, 0.2) is 42.7 Å². The second-order valence-corrected chi connectivity index (χ2v) is 3.44. The molecule has 0 aliphatic rings. The summed E-state index contributed by atoms with van der Waals surface area (Å²) in [5.74, 6) is -1.02. The first-order chi connectivity index (χ1) is 7.20. The van der Waals surface area contributed by atoms with Crippen molar-refractivity contribution < 1.29 is 9.90 Å². The van der Waals surface area contributed by atoms with Crippen LogP contribution in [0, 0.1) is 0 Å². The van der Waals surface area contributed by atoms with Crippen molar-refractivity contribution in [3.63, 3.8) is 0 Å². The molecule has 15 heavy (non-hydrogen) atoms. The number of carboxylic acids is 1. The molecule has 1 N–H and O–H groups in total. The smallest absolute Gasteiger partial charge is 0.339 e. The Labute approximate surface area is 91.5 Å². The van der Waals surface area contributed by atoms with Crippen LogP contribution in [0.4, 0.5) is 0 Å². The summed E-state index contributed by atoms with van der Waals surface area (Å²) in [6.07, 6.45) is 3.55. The first-order valence-electron chi connectivity index (χ1n) is 4.35. The summed E-state index contributed by atoms with van der Waals surface area (Å²) < 4.78 is 1.72. The minimum Gasteiger partial charge on any atom is -0.478 e. The molecular weight excluding hydrogens is 214 g/mol. The molecule has 0 bridgehead atoms. The van der Waals surface area contributed by atoms with Gasteiger partial charge in [0.1, 0.15) is 5.56 Å². The Kier molecular flexibility index (Phi) is 2.47. The Morgan fingerprint density at radius 3 is 2.47 bits per heavy atom. The van der Waals surface area contributed by atoms with Crippen molar-refractivity contribution >= 4 is 17.6 Å². The molecule has 0 radical (unpaired) electrons. The van der Waals surface area contributed by atoms with E-state index in [-0.39, 0.29) is 10.6 Å². The standard InChI is InChI=1S/C11H8ClNO2/c12-8-4-3-5-9(10(8)11(14)15)13-6-1-2-7-13/h1-7H,(H,14,15). The van der Waals surface area contributed by atoms with Gasteiger partial charge in [0.25, 0.3) is 0 Å². The maximum atomic E-state index is 11.0. The lowest BCUT2D eigenvalue weighted by Gasteiger charge is -2.08. The zero-order valence-electron chi connectivity index (χ0n) is 7.72. The second kappa shape index (κ2) is 3.79. The minimum atomic E-state index is -1.02. The Bertz CT molecular complexity index is 491. The number of benzene rings is 1. The highest BCUT2D eigenvalue weighted by Gasteiger charge is 2.14. The van der Waals surface area contributed by atoms with Crippen LogP contribution in [0.1, 0.15) is 10.4 Å². The highest BCUT2D eigenvalue weighted by molar-refractivity contribution is 6.34. The second-order valence-electron chi connectivity index (χ2n) is 3.03. The lowest BCUT2D eigenvalue weighted by Crippen LogP contribution is -2.04. The number of hydrogen-bond donors (Lipinski definition) is 1. The molecule has 0 aliphatic carbocycles. The van der Waals surface area contributed by atoms with Gasteiger partial charge in [0, 0.05) is 12.4 Å². The summed E-state index contributed by atoms with van der Waals surface area (Å²) in [7, 11) is 0. The topological polar surface area (TPSA) is 42.2 Å². The number of rotatable bonds is 2. The van der Waals surface area contributed by atoms with E-state index in [0.29, 0.717) is 5.69 Å². The van der Waals surface area contributed by atoms with E-state index in [0.717, 1.165) is 0 Å². The number of carboxylic acid groups (broad SMARTS) is 1. The van der Waals surface area contributed by atoms with Crippen molar-refractivity contribution in [2.24, 2.45) is 0 Å². The first kappa shape index (κ1) is 9.80. The predicted molar refractivity (Wildman–Crippen MR) is 57.7 cm³/mol. The van der Waals surface area contributed by atoms with Gasteiger partial charge >= 0.3 is 5.97 Å². The molecule has 0 spiro atoms. The normalized spacial score (nSPS) is 10.2. The van der Waals surface area contributed by atoms with E-state index in [9.17, 15) is 4.79 Å². The van der Waals surface area contributed by atoms with E-state index in [2.05, 4.69) is 0 Å². The Hall–Kier alpha value is -1.74. The average molecular weight is 222 g/mol. The molecule has 2 rings (SSSR count). The molecule has 0 saturated carbocycles. The van der Waals surface area contributed by atoms with Crippen LogP contribution in [0.3, 0.4) is 0 Å². The van der Waals surface area contributed by atoms with Crippen molar-refractivity contribution in [3.8, 4) is 5.69 Å². The fourth-order valence-electron chi connectivity index (χ4n) is 1.43. The third kappa shape index (κ3) is 1.74. The number of halogens is 1. The van der Waals surface area contributed by atoms with Gasteiger partial charge in [-0.1, -0.05) is 17.7 Å². The third-order valence-electron chi connectivity index (χ3n) is 2.09. The third-order valence-corrected chi connectivity index (χ3v) is 2.40. The number of nitrogens with zero attached hydrogens (tertiary/aromatic N) is 1. The number of carbonyl (C=O) groups is 1. The first-order valence-corrected chi connectivity index (χ1v) is 4.73. The zero-order chi connectivity index (χ0) is 10.8. The van der Waals surface area contributed by atoms with Crippen LogP contribution in [-0.2, 0) is 0 Å². The lowest BCUT2D eigenvalue weighted by atomic mass is 10.2. The molecule has 0 atom stereocenters. The van der Waals surface area contributed by atoms with Gasteiger partial charge in [-0.05, 0) is 24.3 Å². The summed E-state index contributed by atoms with van der Waals surface area (Å²) in [5.41, 5.74) is 0.690. The summed E-state index contributed by atoms with van der Waals surface area (Å²) in [6, 6.07) is 8.66. The van der Waals surface area contributed by atoms with E-state index in [1.165, 1.54) is 0 Å². The molecule has 1 aromatic carbocycles. The lowest BCUT2D eigenvalue weighted by molar-refractivity contribution is 0.0697. The number of aromatic nitrogens is 1. The van der Waals surface area contributed by atoms with Gasteiger partial charge in [-0.3, -0.25) is 0 Å². The van der Waals surface area contributed by atoms with Crippen molar-refractivity contribution in [1.29, 1.82) is 0 Å². The summed E-state index contributed by atoms with van der Waals surface area (Å²) in [4.78, 5) is 11.0. The summed E-state index contributed by atoms with van der Waals surface area (Å²) >= 11 is 5.85. The summed E-state index contributed by atoms with van der Waals surface area (Å²) in [6.45, 7) is 0. The quantitative estimate of drug-likeness (QED) is 0.847. The van der Waals surface area contributed by atoms with Crippen molar-refractivity contribution in [1.82, 2.24) is 4.57 Å². The molecule has 1 aromatic heterocycles. The average Bonchev–Trinajstić information content (AvgIpc) is 2.69. The molecule has 2 aromatic rings. The van der Waals surface area contributed by atoms with Gasteiger partial charge in [-0.25, -0.2) is 4.79 Å². The maximum Gasteiger partial charge on any atom is 0.339 e. The van der Waals surface area contributed by atoms with Gasteiger partial charge < -0.3 is 9.67 Å². The molecule has 1 heterocycles. The van der Waals surface area contributed by atoms with Crippen LogP contribution >= 0.6 is 11.6 Å². The van der Waals surface area contributed by atoms with Crippen LogP contribution in [0.5, 0.6) is 0 Å².